The van der Waals surface area contributed by atoms with E-state index in [9.17, 15) is 14.0 Å². The molecule has 4 nitrogen and oxygen atoms in total. The van der Waals surface area contributed by atoms with Crippen LogP contribution in [0.15, 0.2) is 22.7 Å². The lowest BCUT2D eigenvalue weighted by Gasteiger charge is -2.11. The summed E-state index contributed by atoms with van der Waals surface area (Å²) >= 11 is 3.03. The summed E-state index contributed by atoms with van der Waals surface area (Å²) < 4.78 is 13.6. The van der Waals surface area contributed by atoms with Crippen LogP contribution in [0.3, 0.4) is 0 Å². The van der Waals surface area contributed by atoms with Gasteiger partial charge in [-0.05, 0) is 46.5 Å². The molecule has 1 saturated carbocycles. The maximum Gasteiger partial charge on any atom is 0.319 e. The van der Waals surface area contributed by atoms with Crippen molar-refractivity contribution < 1.29 is 19.1 Å². The van der Waals surface area contributed by atoms with E-state index in [0.29, 0.717) is 22.9 Å². The van der Waals surface area contributed by atoms with E-state index in [-0.39, 0.29) is 6.54 Å². The topological polar surface area (TPSA) is 66.4 Å². The molecule has 0 aliphatic heterocycles. The van der Waals surface area contributed by atoms with Gasteiger partial charge in [0, 0.05) is 6.54 Å². The van der Waals surface area contributed by atoms with Gasteiger partial charge in [0.15, 0.2) is 0 Å². The number of amides is 1. The summed E-state index contributed by atoms with van der Waals surface area (Å²) in [4.78, 5) is 22.6. The molecular formula is C12H11BrFNO3. The molecule has 1 aliphatic rings. The van der Waals surface area contributed by atoms with Crippen molar-refractivity contribution in [1.29, 1.82) is 0 Å². The van der Waals surface area contributed by atoms with Crippen molar-refractivity contribution in [2.75, 3.05) is 0 Å². The first-order valence-electron chi connectivity index (χ1n) is 5.41. The summed E-state index contributed by atoms with van der Waals surface area (Å²) in [6.45, 7) is 0.123. The highest BCUT2D eigenvalue weighted by atomic mass is 79.9. The first-order valence-corrected chi connectivity index (χ1v) is 6.21. The summed E-state index contributed by atoms with van der Waals surface area (Å²) in [5.41, 5.74) is -0.668. The number of aliphatic carboxylic acids is 1. The van der Waals surface area contributed by atoms with Gasteiger partial charge in [-0.1, -0.05) is 6.07 Å². The molecule has 0 aromatic heterocycles. The third-order valence-electron chi connectivity index (χ3n) is 3.03. The van der Waals surface area contributed by atoms with Gasteiger partial charge in [-0.2, -0.15) is 0 Å². The lowest BCUT2D eigenvalue weighted by atomic mass is 10.1. The standard InChI is InChI=1S/C12H11BrFNO3/c13-8-2-1-7(5-9(8)14)6-15-10(16)12(3-4-12)11(17)18/h1-2,5H,3-4,6H2,(H,15,16)(H,17,18). The fourth-order valence-corrected chi connectivity index (χ4v) is 1.91. The minimum Gasteiger partial charge on any atom is -0.480 e. The highest BCUT2D eigenvalue weighted by Crippen LogP contribution is 2.46. The normalized spacial score (nSPS) is 16.1. The van der Waals surface area contributed by atoms with Crippen molar-refractivity contribution in [3.63, 3.8) is 0 Å². The van der Waals surface area contributed by atoms with Gasteiger partial charge in [0.1, 0.15) is 11.2 Å². The fourth-order valence-electron chi connectivity index (χ4n) is 1.66. The Morgan fingerprint density at radius 1 is 1.44 bits per heavy atom. The Morgan fingerprint density at radius 2 is 2.11 bits per heavy atom. The minimum absolute atomic E-state index is 0.123. The molecule has 0 bridgehead atoms. The summed E-state index contributed by atoms with van der Waals surface area (Å²) in [5.74, 6) is -2.01. The summed E-state index contributed by atoms with van der Waals surface area (Å²) in [6.07, 6.45) is 0.728. The highest BCUT2D eigenvalue weighted by molar-refractivity contribution is 9.10. The first-order chi connectivity index (χ1) is 8.45. The summed E-state index contributed by atoms with van der Waals surface area (Å²) in [7, 11) is 0. The molecule has 1 fully saturated rings. The Bertz CT molecular complexity index is 514. The van der Waals surface area contributed by atoms with Gasteiger partial charge in [-0.15, -0.1) is 0 Å². The lowest BCUT2D eigenvalue weighted by molar-refractivity contribution is -0.149. The van der Waals surface area contributed by atoms with E-state index in [1.54, 1.807) is 12.1 Å². The molecule has 0 heterocycles. The largest absolute Gasteiger partial charge is 0.480 e. The monoisotopic (exact) mass is 315 g/mol. The second-order valence-corrected chi connectivity index (χ2v) is 5.17. The molecule has 0 radical (unpaired) electrons. The van der Waals surface area contributed by atoms with Crippen molar-refractivity contribution in [1.82, 2.24) is 5.32 Å². The van der Waals surface area contributed by atoms with Crippen LogP contribution in [0.4, 0.5) is 4.39 Å². The van der Waals surface area contributed by atoms with Gasteiger partial charge >= 0.3 is 5.97 Å². The van der Waals surface area contributed by atoms with E-state index in [4.69, 9.17) is 5.11 Å². The number of rotatable bonds is 4. The highest BCUT2D eigenvalue weighted by Gasteiger charge is 2.56. The van der Waals surface area contributed by atoms with Crippen LogP contribution in [0.1, 0.15) is 18.4 Å². The van der Waals surface area contributed by atoms with E-state index in [1.807, 2.05) is 0 Å². The fraction of sp³-hybridized carbons (Fsp3) is 0.333. The van der Waals surface area contributed by atoms with Crippen molar-refractivity contribution in [2.45, 2.75) is 19.4 Å². The van der Waals surface area contributed by atoms with Gasteiger partial charge < -0.3 is 10.4 Å². The van der Waals surface area contributed by atoms with E-state index >= 15 is 0 Å². The molecule has 0 saturated heterocycles. The van der Waals surface area contributed by atoms with E-state index in [1.165, 1.54) is 6.07 Å². The zero-order chi connectivity index (χ0) is 13.3. The van der Waals surface area contributed by atoms with Gasteiger partial charge in [0.25, 0.3) is 0 Å². The zero-order valence-corrected chi connectivity index (χ0v) is 11.0. The second kappa shape index (κ2) is 4.68. The molecule has 0 spiro atoms. The van der Waals surface area contributed by atoms with Crippen molar-refractivity contribution in [3.05, 3.63) is 34.1 Å². The van der Waals surface area contributed by atoms with Crippen molar-refractivity contribution in [2.24, 2.45) is 5.41 Å². The Hall–Kier alpha value is -1.43. The SMILES string of the molecule is O=C(O)C1(C(=O)NCc2ccc(Br)c(F)c2)CC1. The van der Waals surface area contributed by atoms with E-state index < -0.39 is 23.1 Å². The molecule has 1 aliphatic carbocycles. The van der Waals surface area contributed by atoms with Crippen LogP contribution in [-0.4, -0.2) is 17.0 Å². The Labute approximate surface area is 111 Å². The molecule has 96 valence electrons. The molecule has 6 heteroatoms. The molecule has 1 aromatic carbocycles. The zero-order valence-electron chi connectivity index (χ0n) is 9.37. The van der Waals surface area contributed by atoms with Gasteiger partial charge in [-0.3, -0.25) is 9.59 Å². The minimum atomic E-state index is -1.26. The number of hydrogen-bond donors (Lipinski definition) is 2. The van der Waals surface area contributed by atoms with Crippen LogP contribution in [0, 0.1) is 11.2 Å². The molecule has 0 unspecified atom stereocenters. The van der Waals surface area contributed by atoms with E-state index in [0.717, 1.165) is 0 Å². The van der Waals surface area contributed by atoms with Crippen LogP contribution in [-0.2, 0) is 16.1 Å². The number of hydrogen-bond acceptors (Lipinski definition) is 2. The average molecular weight is 316 g/mol. The third-order valence-corrected chi connectivity index (χ3v) is 3.67. The van der Waals surface area contributed by atoms with Crippen LogP contribution in [0.25, 0.3) is 0 Å². The van der Waals surface area contributed by atoms with Crippen LogP contribution >= 0.6 is 15.9 Å². The molecule has 0 atom stereocenters. The number of halogens is 2. The summed E-state index contributed by atoms with van der Waals surface area (Å²) in [6, 6.07) is 4.50. The van der Waals surface area contributed by atoms with Gasteiger partial charge in [0.2, 0.25) is 5.91 Å². The average Bonchev–Trinajstić information content (AvgIpc) is 3.11. The van der Waals surface area contributed by atoms with E-state index in [2.05, 4.69) is 21.2 Å². The number of carboxylic acid groups (broad SMARTS) is 1. The predicted molar refractivity (Wildman–Crippen MR) is 65.2 cm³/mol. The van der Waals surface area contributed by atoms with Crippen LogP contribution in [0.5, 0.6) is 0 Å². The summed E-state index contributed by atoms with van der Waals surface area (Å²) in [5, 5.41) is 11.5. The quantitative estimate of drug-likeness (QED) is 0.836. The maximum absolute atomic E-state index is 13.2. The Kier molecular flexibility index (Phi) is 3.38. The molecule has 2 N–H and O–H groups in total. The number of nitrogens with one attached hydrogen (secondary N) is 1. The second-order valence-electron chi connectivity index (χ2n) is 4.32. The number of carbonyl (C=O) groups is 2. The molecular weight excluding hydrogens is 305 g/mol. The first kappa shape index (κ1) is 13.0. The third kappa shape index (κ3) is 2.38. The molecule has 2 rings (SSSR count). The molecule has 18 heavy (non-hydrogen) atoms. The van der Waals surface area contributed by atoms with Gasteiger partial charge in [-0.25, -0.2) is 4.39 Å². The van der Waals surface area contributed by atoms with Crippen molar-refractivity contribution in [3.8, 4) is 0 Å². The van der Waals surface area contributed by atoms with Gasteiger partial charge in [0.05, 0.1) is 4.47 Å². The number of carboxylic acids is 1. The Balaban J connectivity index is 1.98. The molecule has 1 amide bonds. The predicted octanol–water partition coefficient (Wildman–Crippen LogP) is 2.07. The molecule has 1 aromatic rings. The lowest BCUT2D eigenvalue weighted by Crippen LogP contribution is -2.36. The number of benzene rings is 1. The Morgan fingerprint density at radius 3 is 2.61 bits per heavy atom. The van der Waals surface area contributed by atoms with Crippen LogP contribution < -0.4 is 5.32 Å². The smallest absolute Gasteiger partial charge is 0.319 e. The van der Waals surface area contributed by atoms with Crippen LogP contribution in [0.2, 0.25) is 0 Å². The van der Waals surface area contributed by atoms with Crippen molar-refractivity contribution >= 4 is 27.8 Å². The maximum atomic E-state index is 13.2. The number of carbonyl (C=O) groups excluding carboxylic acids is 1.